The van der Waals surface area contributed by atoms with E-state index in [1.807, 2.05) is 0 Å². The molecule has 0 saturated heterocycles. The summed E-state index contributed by atoms with van der Waals surface area (Å²) in [6.45, 7) is 3.38. The molecule has 0 bridgehead atoms. The number of carbonyl (C=O) groups excluding carboxylic acids is 1. The topological polar surface area (TPSA) is 98.3 Å². The Morgan fingerprint density at radius 3 is 2.57 bits per heavy atom. The highest BCUT2D eigenvalue weighted by Gasteiger charge is 2.16. The van der Waals surface area contributed by atoms with E-state index in [0.717, 1.165) is 5.56 Å². The number of amides is 1. The standard InChI is InChI=1S/C15H15N3O3/c1-9-8-11(16)6-7-12(9)15(19)17-13-4-3-5-14(10(13)2)18(20)21/h3-8H,16H2,1-2H3,(H,17,19). The molecule has 0 radical (unpaired) electrons. The predicted molar refractivity (Wildman–Crippen MR) is 81.4 cm³/mol. The molecular weight excluding hydrogens is 270 g/mol. The first-order valence-electron chi connectivity index (χ1n) is 6.31. The van der Waals surface area contributed by atoms with Gasteiger partial charge in [-0.15, -0.1) is 0 Å². The van der Waals surface area contributed by atoms with Gasteiger partial charge in [-0.05, 0) is 43.7 Å². The molecule has 0 unspecified atom stereocenters. The summed E-state index contributed by atoms with van der Waals surface area (Å²) >= 11 is 0. The Kier molecular flexibility index (Phi) is 3.89. The molecule has 0 atom stereocenters. The maximum Gasteiger partial charge on any atom is 0.274 e. The second-order valence-electron chi connectivity index (χ2n) is 4.74. The van der Waals surface area contributed by atoms with Crippen LogP contribution < -0.4 is 11.1 Å². The lowest BCUT2D eigenvalue weighted by molar-refractivity contribution is -0.385. The Hall–Kier alpha value is -2.89. The number of nitrogens with one attached hydrogen (secondary N) is 1. The monoisotopic (exact) mass is 285 g/mol. The van der Waals surface area contributed by atoms with Crippen molar-refractivity contribution in [3.63, 3.8) is 0 Å². The number of nitro benzene ring substituents is 1. The molecule has 2 aromatic carbocycles. The summed E-state index contributed by atoms with van der Waals surface area (Å²) in [4.78, 5) is 22.7. The summed E-state index contributed by atoms with van der Waals surface area (Å²) in [7, 11) is 0. The third-order valence-electron chi connectivity index (χ3n) is 3.25. The number of nitrogen functional groups attached to an aromatic ring is 1. The quantitative estimate of drug-likeness (QED) is 0.514. The van der Waals surface area contributed by atoms with Crippen molar-refractivity contribution < 1.29 is 9.72 Å². The van der Waals surface area contributed by atoms with Crippen LogP contribution in [-0.2, 0) is 0 Å². The van der Waals surface area contributed by atoms with Crippen LogP contribution in [0, 0.1) is 24.0 Å². The molecule has 6 heteroatoms. The molecule has 0 spiro atoms. The van der Waals surface area contributed by atoms with Crippen molar-refractivity contribution in [2.75, 3.05) is 11.1 Å². The Morgan fingerprint density at radius 1 is 1.24 bits per heavy atom. The summed E-state index contributed by atoms with van der Waals surface area (Å²) < 4.78 is 0. The minimum Gasteiger partial charge on any atom is -0.399 e. The molecule has 2 aromatic rings. The minimum absolute atomic E-state index is 0.0261. The third-order valence-corrected chi connectivity index (χ3v) is 3.25. The van der Waals surface area contributed by atoms with E-state index in [9.17, 15) is 14.9 Å². The SMILES string of the molecule is Cc1cc(N)ccc1C(=O)Nc1cccc([N+](=O)[O-])c1C. The van der Waals surface area contributed by atoms with E-state index in [1.165, 1.54) is 12.1 Å². The van der Waals surface area contributed by atoms with Crippen LogP contribution in [0.15, 0.2) is 36.4 Å². The predicted octanol–water partition coefficient (Wildman–Crippen LogP) is 3.05. The number of hydrogen-bond acceptors (Lipinski definition) is 4. The van der Waals surface area contributed by atoms with Crippen molar-refractivity contribution in [3.8, 4) is 0 Å². The molecule has 2 rings (SSSR count). The lowest BCUT2D eigenvalue weighted by atomic mass is 10.1. The van der Waals surface area contributed by atoms with Gasteiger partial charge in [0.1, 0.15) is 0 Å². The van der Waals surface area contributed by atoms with Gasteiger partial charge in [0.05, 0.1) is 16.2 Å². The number of rotatable bonds is 3. The maximum absolute atomic E-state index is 12.3. The fourth-order valence-electron chi connectivity index (χ4n) is 2.09. The van der Waals surface area contributed by atoms with E-state index in [0.29, 0.717) is 22.5 Å². The van der Waals surface area contributed by atoms with E-state index < -0.39 is 4.92 Å². The molecule has 21 heavy (non-hydrogen) atoms. The fraction of sp³-hybridized carbons (Fsp3) is 0.133. The first kappa shape index (κ1) is 14.5. The van der Waals surface area contributed by atoms with Crippen LogP contribution in [0.5, 0.6) is 0 Å². The van der Waals surface area contributed by atoms with Crippen molar-refractivity contribution in [1.82, 2.24) is 0 Å². The number of carbonyl (C=O) groups is 1. The van der Waals surface area contributed by atoms with Crippen molar-refractivity contribution >= 4 is 23.0 Å². The van der Waals surface area contributed by atoms with Crippen LogP contribution in [-0.4, -0.2) is 10.8 Å². The molecule has 0 heterocycles. The molecule has 0 aliphatic carbocycles. The smallest absolute Gasteiger partial charge is 0.274 e. The summed E-state index contributed by atoms with van der Waals surface area (Å²) in [6, 6.07) is 9.55. The maximum atomic E-state index is 12.3. The molecule has 1 amide bonds. The van der Waals surface area contributed by atoms with Gasteiger partial charge in [0, 0.05) is 17.3 Å². The van der Waals surface area contributed by atoms with Crippen LogP contribution in [0.25, 0.3) is 0 Å². The van der Waals surface area contributed by atoms with Gasteiger partial charge in [-0.2, -0.15) is 0 Å². The summed E-state index contributed by atoms with van der Waals surface area (Å²) in [5.74, 6) is -0.323. The normalized spacial score (nSPS) is 10.2. The van der Waals surface area contributed by atoms with E-state index in [1.54, 1.807) is 38.1 Å². The van der Waals surface area contributed by atoms with Gasteiger partial charge < -0.3 is 11.1 Å². The van der Waals surface area contributed by atoms with E-state index in [2.05, 4.69) is 5.32 Å². The van der Waals surface area contributed by atoms with Gasteiger partial charge in [-0.3, -0.25) is 14.9 Å². The molecule has 0 aliphatic heterocycles. The Morgan fingerprint density at radius 2 is 1.95 bits per heavy atom. The molecule has 0 fully saturated rings. The molecule has 0 aliphatic rings. The van der Waals surface area contributed by atoms with E-state index in [4.69, 9.17) is 5.73 Å². The van der Waals surface area contributed by atoms with E-state index >= 15 is 0 Å². The van der Waals surface area contributed by atoms with Crippen molar-refractivity contribution in [2.24, 2.45) is 0 Å². The highest BCUT2D eigenvalue weighted by Crippen LogP contribution is 2.25. The van der Waals surface area contributed by atoms with Crippen molar-refractivity contribution in [3.05, 3.63) is 63.2 Å². The van der Waals surface area contributed by atoms with Crippen LogP contribution in [0.1, 0.15) is 21.5 Å². The number of nitrogens with two attached hydrogens (primary N) is 1. The van der Waals surface area contributed by atoms with Gasteiger partial charge in [0.15, 0.2) is 0 Å². The Labute approximate surface area is 121 Å². The lowest BCUT2D eigenvalue weighted by Gasteiger charge is -2.10. The molecule has 0 aromatic heterocycles. The molecule has 6 nitrogen and oxygen atoms in total. The number of nitrogens with zero attached hydrogens (tertiary/aromatic N) is 1. The molecule has 3 N–H and O–H groups in total. The van der Waals surface area contributed by atoms with Gasteiger partial charge in [0.2, 0.25) is 0 Å². The summed E-state index contributed by atoms with van der Waals surface area (Å²) in [5, 5.41) is 13.6. The number of aryl methyl sites for hydroxylation is 1. The number of benzene rings is 2. The molecule has 0 saturated carbocycles. The van der Waals surface area contributed by atoms with Crippen LogP contribution >= 0.6 is 0 Å². The van der Waals surface area contributed by atoms with Gasteiger partial charge in [-0.25, -0.2) is 0 Å². The average Bonchev–Trinajstić information content (AvgIpc) is 2.40. The highest BCUT2D eigenvalue weighted by atomic mass is 16.6. The first-order chi connectivity index (χ1) is 9.90. The second kappa shape index (κ2) is 5.62. The van der Waals surface area contributed by atoms with Gasteiger partial charge >= 0.3 is 0 Å². The van der Waals surface area contributed by atoms with E-state index in [-0.39, 0.29) is 11.6 Å². The van der Waals surface area contributed by atoms with Crippen LogP contribution in [0.4, 0.5) is 17.1 Å². The van der Waals surface area contributed by atoms with Crippen LogP contribution in [0.3, 0.4) is 0 Å². The number of nitro groups is 1. The second-order valence-corrected chi connectivity index (χ2v) is 4.74. The van der Waals surface area contributed by atoms with Crippen molar-refractivity contribution in [2.45, 2.75) is 13.8 Å². The zero-order valence-corrected chi connectivity index (χ0v) is 11.7. The number of hydrogen-bond donors (Lipinski definition) is 2. The zero-order chi connectivity index (χ0) is 15.6. The Balaban J connectivity index is 2.32. The third kappa shape index (κ3) is 3.00. The summed E-state index contributed by atoms with van der Waals surface area (Å²) in [5.41, 5.74) is 8.27. The van der Waals surface area contributed by atoms with Gasteiger partial charge in [0.25, 0.3) is 11.6 Å². The Bertz CT molecular complexity index is 726. The minimum atomic E-state index is -0.473. The van der Waals surface area contributed by atoms with Crippen molar-refractivity contribution in [1.29, 1.82) is 0 Å². The summed E-state index contributed by atoms with van der Waals surface area (Å²) in [6.07, 6.45) is 0. The first-order valence-corrected chi connectivity index (χ1v) is 6.31. The fourth-order valence-corrected chi connectivity index (χ4v) is 2.09. The van der Waals surface area contributed by atoms with Gasteiger partial charge in [-0.1, -0.05) is 6.07 Å². The van der Waals surface area contributed by atoms with Crippen LogP contribution in [0.2, 0.25) is 0 Å². The molecule has 108 valence electrons. The average molecular weight is 285 g/mol. The highest BCUT2D eigenvalue weighted by molar-refractivity contribution is 6.06. The lowest BCUT2D eigenvalue weighted by Crippen LogP contribution is -2.14. The number of anilines is 2. The largest absolute Gasteiger partial charge is 0.399 e. The zero-order valence-electron chi connectivity index (χ0n) is 11.7. The molecular formula is C15H15N3O3.